The highest BCUT2D eigenvalue weighted by molar-refractivity contribution is 6.31. The SMILES string of the molecule is O=C(NC1CCN(c2ncc3ncnc(Nc4ccc(F)c(Cl)c4)c3n2)C1)N1CCOCC1. The first-order valence-corrected chi connectivity index (χ1v) is 11.0. The predicted octanol–water partition coefficient (Wildman–Crippen LogP) is 2.58. The molecule has 1 unspecified atom stereocenters. The first-order chi connectivity index (χ1) is 16.1. The van der Waals surface area contributed by atoms with Gasteiger partial charge >= 0.3 is 6.03 Å². The lowest BCUT2D eigenvalue weighted by Crippen LogP contribution is -2.49. The van der Waals surface area contributed by atoms with Crippen molar-refractivity contribution in [2.75, 3.05) is 49.6 Å². The maximum absolute atomic E-state index is 13.5. The van der Waals surface area contributed by atoms with Crippen molar-refractivity contribution in [1.29, 1.82) is 0 Å². The van der Waals surface area contributed by atoms with E-state index in [-0.39, 0.29) is 17.1 Å². The van der Waals surface area contributed by atoms with Crippen LogP contribution in [0.15, 0.2) is 30.7 Å². The van der Waals surface area contributed by atoms with Crippen LogP contribution in [0.5, 0.6) is 0 Å². The number of nitrogens with zero attached hydrogens (tertiary/aromatic N) is 6. The average Bonchev–Trinajstić information content (AvgIpc) is 3.30. The standard InChI is InChI=1S/C21H22ClFN8O2/c22-15-9-13(1-2-16(15)23)27-19-18-17(25-12-26-19)10-24-20(29-18)31-4-3-14(11-31)28-21(32)30-5-7-33-8-6-30/h1-2,9-10,12,14H,3-8,11H2,(H,28,32)(H,25,26,27). The van der Waals surface area contributed by atoms with Crippen molar-refractivity contribution in [3.63, 3.8) is 0 Å². The molecule has 2 N–H and O–H groups in total. The number of benzene rings is 1. The van der Waals surface area contributed by atoms with Gasteiger partial charge in [-0.15, -0.1) is 0 Å². The van der Waals surface area contributed by atoms with Crippen molar-refractivity contribution >= 4 is 46.1 Å². The van der Waals surface area contributed by atoms with Crippen molar-refractivity contribution < 1.29 is 13.9 Å². The zero-order valence-electron chi connectivity index (χ0n) is 17.7. The quantitative estimate of drug-likeness (QED) is 0.596. The van der Waals surface area contributed by atoms with Crippen LogP contribution in [0, 0.1) is 5.82 Å². The molecular weight excluding hydrogens is 451 g/mol. The summed E-state index contributed by atoms with van der Waals surface area (Å²) in [6, 6.07) is 4.27. The Labute approximate surface area is 194 Å². The van der Waals surface area contributed by atoms with E-state index in [9.17, 15) is 9.18 Å². The fourth-order valence-electron chi connectivity index (χ4n) is 3.89. The molecule has 10 nitrogen and oxygen atoms in total. The number of fused-ring (bicyclic) bond motifs is 1. The Hall–Kier alpha value is -3.31. The number of amides is 2. The molecule has 4 heterocycles. The van der Waals surface area contributed by atoms with Gasteiger partial charge in [-0.1, -0.05) is 11.6 Å². The van der Waals surface area contributed by atoms with Crippen LogP contribution in [0.3, 0.4) is 0 Å². The second-order valence-electron chi connectivity index (χ2n) is 7.86. The minimum atomic E-state index is -0.497. The zero-order chi connectivity index (χ0) is 22.8. The summed E-state index contributed by atoms with van der Waals surface area (Å²) in [5.41, 5.74) is 1.68. The fraction of sp³-hybridized carbons (Fsp3) is 0.381. The molecule has 1 aromatic carbocycles. The van der Waals surface area contributed by atoms with Gasteiger partial charge in [-0.25, -0.2) is 29.1 Å². The number of hydrogen-bond donors (Lipinski definition) is 2. The molecule has 12 heteroatoms. The summed E-state index contributed by atoms with van der Waals surface area (Å²) in [5.74, 6) is 0.493. The van der Waals surface area contributed by atoms with Crippen LogP contribution >= 0.6 is 11.6 Å². The average molecular weight is 473 g/mol. The lowest BCUT2D eigenvalue weighted by molar-refractivity contribution is 0.0526. The lowest BCUT2D eigenvalue weighted by atomic mass is 10.3. The Kier molecular flexibility index (Phi) is 6.05. The molecule has 172 valence electrons. The Morgan fingerprint density at radius 3 is 2.85 bits per heavy atom. The zero-order valence-corrected chi connectivity index (χ0v) is 18.4. The second-order valence-corrected chi connectivity index (χ2v) is 8.27. The number of ether oxygens (including phenoxy) is 1. The third-order valence-electron chi connectivity index (χ3n) is 5.64. The summed E-state index contributed by atoms with van der Waals surface area (Å²) < 4.78 is 18.8. The number of carbonyl (C=O) groups excluding carboxylic acids is 1. The number of urea groups is 1. The normalized spacial score (nSPS) is 18.5. The molecule has 33 heavy (non-hydrogen) atoms. The summed E-state index contributed by atoms with van der Waals surface area (Å²) in [6.45, 7) is 3.65. The van der Waals surface area contributed by atoms with Gasteiger partial charge in [0.2, 0.25) is 5.95 Å². The molecule has 5 rings (SSSR count). The van der Waals surface area contributed by atoms with Gasteiger partial charge in [0.1, 0.15) is 23.2 Å². The van der Waals surface area contributed by atoms with E-state index in [0.29, 0.717) is 67.9 Å². The van der Waals surface area contributed by atoms with Gasteiger partial charge in [-0.05, 0) is 24.6 Å². The third kappa shape index (κ3) is 4.74. The van der Waals surface area contributed by atoms with Crippen molar-refractivity contribution in [3.05, 3.63) is 41.6 Å². The molecule has 0 radical (unpaired) electrons. The van der Waals surface area contributed by atoms with Crippen LogP contribution in [0.2, 0.25) is 5.02 Å². The number of hydrogen-bond acceptors (Lipinski definition) is 8. The van der Waals surface area contributed by atoms with E-state index < -0.39 is 5.82 Å². The van der Waals surface area contributed by atoms with Crippen LogP contribution in [-0.4, -0.2) is 76.3 Å². The second kappa shape index (κ2) is 9.28. The van der Waals surface area contributed by atoms with E-state index in [0.717, 1.165) is 6.42 Å². The predicted molar refractivity (Wildman–Crippen MR) is 121 cm³/mol. The van der Waals surface area contributed by atoms with Gasteiger partial charge in [0.25, 0.3) is 0 Å². The van der Waals surface area contributed by atoms with Gasteiger partial charge in [0.05, 0.1) is 24.4 Å². The minimum Gasteiger partial charge on any atom is -0.378 e. The van der Waals surface area contributed by atoms with Crippen LogP contribution in [-0.2, 0) is 4.74 Å². The molecule has 1 atom stereocenters. The molecule has 0 aliphatic carbocycles. The largest absolute Gasteiger partial charge is 0.378 e. The molecule has 2 saturated heterocycles. The summed E-state index contributed by atoms with van der Waals surface area (Å²) in [7, 11) is 0. The van der Waals surface area contributed by atoms with E-state index in [1.807, 2.05) is 4.90 Å². The Bertz CT molecular complexity index is 1180. The number of nitrogens with one attached hydrogen (secondary N) is 2. The van der Waals surface area contributed by atoms with E-state index in [4.69, 9.17) is 16.3 Å². The van der Waals surface area contributed by atoms with Gasteiger partial charge < -0.3 is 25.2 Å². The molecule has 2 amide bonds. The van der Waals surface area contributed by atoms with Crippen molar-refractivity contribution in [3.8, 4) is 0 Å². The van der Waals surface area contributed by atoms with Crippen molar-refractivity contribution in [2.24, 2.45) is 0 Å². The fourth-order valence-corrected chi connectivity index (χ4v) is 4.07. The highest BCUT2D eigenvalue weighted by Crippen LogP contribution is 2.26. The number of carbonyl (C=O) groups is 1. The lowest BCUT2D eigenvalue weighted by Gasteiger charge is -2.28. The highest BCUT2D eigenvalue weighted by Gasteiger charge is 2.28. The molecule has 0 spiro atoms. The topological polar surface area (TPSA) is 108 Å². The molecule has 2 aliphatic rings. The molecule has 2 aliphatic heterocycles. The molecule has 3 aromatic rings. The maximum atomic E-state index is 13.5. The van der Waals surface area contributed by atoms with Crippen LogP contribution in [0.4, 0.5) is 26.6 Å². The molecule has 0 bridgehead atoms. The molecule has 2 aromatic heterocycles. The van der Waals surface area contributed by atoms with Gasteiger partial charge in [-0.2, -0.15) is 0 Å². The van der Waals surface area contributed by atoms with E-state index in [1.54, 1.807) is 17.2 Å². The monoisotopic (exact) mass is 472 g/mol. The third-order valence-corrected chi connectivity index (χ3v) is 5.93. The first kappa shape index (κ1) is 21.5. The minimum absolute atomic E-state index is 0.00520. The van der Waals surface area contributed by atoms with Gasteiger partial charge in [0, 0.05) is 37.9 Å². The summed E-state index contributed by atoms with van der Waals surface area (Å²) in [4.78, 5) is 33.9. The first-order valence-electron chi connectivity index (χ1n) is 10.6. The van der Waals surface area contributed by atoms with E-state index in [1.165, 1.54) is 18.5 Å². The molecule has 2 fully saturated rings. The maximum Gasteiger partial charge on any atom is 0.317 e. The Balaban J connectivity index is 1.31. The van der Waals surface area contributed by atoms with Gasteiger partial charge in [0.15, 0.2) is 5.82 Å². The van der Waals surface area contributed by atoms with Crippen LogP contribution in [0.25, 0.3) is 11.0 Å². The number of aromatic nitrogens is 4. The molecular formula is C21H22ClFN8O2. The number of morpholine rings is 1. The van der Waals surface area contributed by atoms with Gasteiger partial charge in [-0.3, -0.25) is 0 Å². The number of anilines is 3. The summed E-state index contributed by atoms with van der Waals surface area (Å²) in [5, 5.41) is 6.22. The van der Waals surface area contributed by atoms with Crippen molar-refractivity contribution in [2.45, 2.75) is 12.5 Å². The molecule has 0 saturated carbocycles. The van der Waals surface area contributed by atoms with E-state index >= 15 is 0 Å². The van der Waals surface area contributed by atoms with E-state index in [2.05, 4.69) is 30.6 Å². The number of rotatable bonds is 4. The number of halogens is 2. The highest BCUT2D eigenvalue weighted by atomic mass is 35.5. The van der Waals surface area contributed by atoms with Crippen molar-refractivity contribution in [1.82, 2.24) is 30.2 Å². The summed E-state index contributed by atoms with van der Waals surface area (Å²) >= 11 is 5.89. The van der Waals surface area contributed by atoms with Crippen LogP contribution in [0.1, 0.15) is 6.42 Å². The Morgan fingerprint density at radius 2 is 2.03 bits per heavy atom. The Morgan fingerprint density at radius 1 is 1.18 bits per heavy atom. The van der Waals surface area contributed by atoms with Crippen LogP contribution < -0.4 is 15.5 Å². The summed E-state index contributed by atoms with van der Waals surface area (Å²) in [6.07, 6.45) is 3.84. The smallest absolute Gasteiger partial charge is 0.317 e.